The summed E-state index contributed by atoms with van der Waals surface area (Å²) in [5.41, 5.74) is 0.462. The lowest BCUT2D eigenvalue weighted by atomic mass is 9.99. The summed E-state index contributed by atoms with van der Waals surface area (Å²) < 4.78 is 5.76. The highest BCUT2D eigenvalue weighted by atomic mass is 16.5. The van der Waals surface area contributed by atoms with Gasteiger partial charge in [-0.15, -0.1) is 0 Å². The van der Waals surface area contributed by atoms with Crippen molar-refractivity contribution in [3.63, 3.8) is 0 Å². The molecule has 122 valence electrons. The molecule has 2 atom stereocenters. The third kappa shape index (κ3) is 3.48. The van der Waals surface area contributed by atoms with Crippen molar-refractivity contribution in [1.29, 1.82) is 5.26 Å². The Morgan fingerprint density at radius 2 is 2.13 bits per heavy atom. The first-order valence-corrected chi connectivity index (χ1v) is 8.37. The maximum Gasteiger partial charge on any atom is 0.263 e. The lowest BCUT2D eigenvalue weighted by molar-refractivity contribution is -0.141. The summed E-state index contributed by atoms with van der Waals surface area (Å²) in [6.07, 6.45) is 3.13. The lowest BCUT2D eigenvalue weighted by Crippen LogP contribution is -2.57. The Kier molecular flexibility index (Phi) is 4.82. The summed E-state index contributed by atoms with van der Waals surface area (Å²) in [5, 5.41) is 9.12. The number of hydrogen-bond acceptors (Lipinski definition) is 4. The topological polar surface area (TPSA) is 56.6 Å². The lowest BCUT2D eigenvalue weighted by Gasteiger charge is -2.44. The SMILES string of the molecule is C[C@@H](Oc1ccccc1C#N)C(=O)N1CCN2CCCC[C@@H]2C1. The molecule has 5 heteroatoms. The molecule has 2 heterocycles. The zero-order chi connectivity index (χ0) is 16.2. The molecular weight excluding hydrogens is 290 g/mol. The van der Waals surface area contributed by atoms with Crippen LogP contribution in [0.1, 0.15) is 31.7 Å². The number of benzene rings is 1. The molecule has 2 aliphatic heterocycles. The number of carbonyl (C=O) groups excluding carboxylic acids is 1. The third-order valence-corrected chi connectivity index (χ3v) is 4.81. The van der Waals surface area contributed by atoms with E-state index in [1.807, 2.05) is 11.0 Å². The summed E-state index contributed by atoms with van der Waals surface area (Å²) in [4.78, 5) is 17.1. The minimum Gasteiger partial charge on any atom is -0.480 e. The zero-order valence-corrected chi connectivity index (χ0v) is 13.6. The molecule has 0 N–H and O–H groups in total. The van der Waals surface area contributed by atoms with E-state index in [4.69, 9.17) is 10.00 Å². The molecule has 2 saturated heterocycles. The number of para-hydroxylation sites is 1. The Morgan fingerprint density at radius 3 is 2.96 bits per heavy atom. The highest BCUT2D eigenvalue weighted by Crippen LogP contribution is 2.23. The molecule has 0 saturated carbocycles. The van der Waals surface area contributed by atoms with Gasteiger partial charge in [0.15, 0.2) is 6.10 Å². The van der Waals surface area contributed by atoms with Crippen LogP contribution in [0.5, 0.6) is 5.75 Å². The maximum atomic E-state index is 12.7. The minimum absolute atomic E-state index is 0.0166. The van der Waals surface area contributed by atoms with Crippen LogP contribution >= 0.6 is 0 Å². The van der Waals surface area contributed by atoms with Gasteiger partial charge < -0.3 is 9.64 Å². The van der Waals surface area contributed by atoms with Crippen LogP contribution in [-0.4, -0.2) is 54.0 Å². The first kappa shape index (κ1) is 15.8. The van der Waals surface area contributed by atoms with Crippen LogP contribution in [-0.2, 0) is 4.79 Å². The first-order chi connectivity index (χ1) is 11.2. The summed E-state index contributed by atoms with van der Waals surface area (Å²) in [5.74, 6) is 0.495. The van der Waals surface area contributed by atoms with Crippen molar-refractivity contribution in [2.45, 2.75) is 38.3 Å². The molecule has 0 aliphatic carbocycles. The van der Waals surface area contributed by atoms with Crippen molar-refractivity contribution in [1.82, 2.24) is 9.80 Å². The number of hydrogen-bond donors (Lipinski definition) is 0. The van der Waals surface area contributed by atoms with E-state index in [0.29, 0.717) is 17.4 Å². The smallest absolute Gasteiger partial charge is 0.263 e. The summed E-state index contributed by atoms with van der Waals surface area (Å²) >= 11 is 0. The van der Waals surface area contributed by atoms with E-state index in [2.05, 4.69) is 11.0 Å². The molecule has 3 rings (SSSR count). The molecule has 0 aromatic heterocycles. The highest BCUT2D eigenvalue weighted by Gasteiger charge is 2.33. The van der Waals surface area contributed by atoms with Crippen LogP contribution in [0.4, 0.5) is 0 Å². The zero-order valence-electron chi connectivity index (χ0n) is 13.6. The Labute approximate surface area is 137 Å². The standard InChI is InChI=1S/C18H23N3O2/c1-14(23-17-8-3-2-6-15(17)12-19)18(22)21-11-10-20-9-5-4-7-16(20)13-21/h2-3,6,8,14,16H,4-5,7,9-11,13H2,1H3/t14-,16-/m1/s1. The van der Waals surface area contributed by atoms with Crippen LogP contribution in [0.25, 0.3) is 0 Å². The molecule has 1 amide bonds. The number of amides is 1. The van der Waals surface area contributed by atoms with Crippen LogP contribution in [0, 0.1) is 11.3 Å². The minimum atomic E-state index is -0.570. The fourth-order valence-electron chi connectivity index (χ4n) is 3.52. The van der Waals surface area contributed by atoms with Gasteiger partial charge in [-0.25, -0.2) is 0 Å². The molecule has 2 aliphatic rings. The van der Waals surface area contributed by atoms with E-state index in [9.17, 15) is 4.79 Å². The second-order valence-corrected chi connectivity index (χ2v) is 6.34. The molecule has 5 nitrogen and oxygen atoms in total. The van der Waals surface area contributed by atoms with Gasteiger partial charge in [0.05, 0.1) is 5.56 Å². The normalized spacial score (nSPS) is 22.8. The van der Waals surface area contributed by atoms with Gasteiger partial charge >= 0.3 is 0 Å². The van der Waals surface area contributed by atoms with Gasteiger partial charge in [-0.3, -0.25) is 9.69 Å². The van der Waals surface area contributed by atoms with E-state index in [-0.39, 0.29) is 5.91 Å². The molecule has 0 spiro atoms. The highest BCUT2D eigenvalue weighted by molar-refractivity contribution is 5.81. The second-order valence-electron chi connectivity index (χ2n) is 6.34. The van der Waals surface area contributed by atoms with Crippen LogP contribution in [0.15, 0.2) is 24.3 Å². The molecule has 0 unspecified atom stereocenters. The quantitative estimate of drug-likeness (QED) is 0.857. The van der Waals surface area contributed by atoms with Crippen LogP contribution in [0.3, 0.4) is 0 Å². The second kappa shape index (κ2) is 7.01. The predicted octanol–water partition coefficient (Wildman–Crippen LogP) is 2.02. The molecule has 1 aromatic carbocycles. The Morgan fingerprint density at radius 1 is 1.30 bits per heavy atom. The average Bonchev–Trinajstić information content (AvgIpc) is 2.61. The van der Waals surface area contributed by atoms with E-state index in [1.165, 1.54) is 19.3 Å². The maximum absolute atomic E-state index is 12.7. The Hall–Kier alpha value is -2.06. The third-order valence-electron chi connectivity index (χ3n) is 4.81. The van der Waals surface area contributed by atoms with E-state index in [1.54, 1.807) is 25.1 Å². The molecular formula is C18H23N3O2. The van der Waals surface area contributed by atoms with Gasteiger partial charge in [-0.1, -0.05) is 18.6 Å². The van der Waals surface area contributed by atoms with Gasteiger partial charge in [0.2, 0.25) is 0 Å². The monoisotopic (exact) mass is 313 g/mol. The molecule has 1 aromatic rings. The molecule has 0 radical (unpaired) electrons. The van der Waals surface area contributed by atoms with Crippen molar-refractivity contribution >= 4 is 5.91 Å². The van der Waals surface area contributed by atoms with Crippen molar-refractivity contribution in [3.8, 4) is 11.8 Å². The van der Waals surface area contributed by atoms with Crippen molar-refractivity contribution in [2.24, 2.45) is 0 Å². The summed E-state index contributed by atoms with van der Waals surface area (Å²) in [6.45, 7) is 5.45. The fraction of sp³-hybridized carbons (Fsp3) is 0.556. The van der Waals surface area contributed by atoms with Gasteiger partial charge in [0, 0.05) is 25.7 Å². The predicted molar refractivity (Wildman–Crippen MR) is 87.0 cm³/mol. The Balaban J connectivity index is 1.62. The largest absolute Gasteiger partial charge is 0.480 e. The number of piperazine rings is 1. The van der Waals surface area contributed by atoms with E-state index < -0.39 is 6.10 Å². The van der Waals surface area contributed by atoms with Crippen molar-refractivity contribution in [2.75, 3.05) is 26.2 Å². The van der Waals surface area contributed by atoms with E-state index >= 15 is 0 Å². The number of rotatable bonds is 3. The Bertz CT molecular complexity index is 611. The van der Waals surface area contributed by atoms with Crippen molar-refractivity contribution < 1.29 is 9.53 Å². The summed E-state index contributed by atoms with van der Waals surface area (Å²) in [7, 11) is 0. The molecule has 23 heavy (non-hydrogen) atoms. The van der Waals surface area contributed by atoms with Gasteiger partial charge in [0.1, 0.15) is 11.8 Å². The van der Waals surface area contributed by atoms with Gasteiger partial charge in [-0.2, -0.15) is 5.26 Å². The number of nitriles is 1. The average molecular weight is 313 g/mol. The molecule has 2 fully saturated rings. The van der Waals surface area contributed by atoms with Gasteiger partial charge in [-0.05, 0) is 38.4 Å². The van der Waals surface area contributed by atoms with E-state index in [0.717, 1.165) is 26.2 Å². The number of fused-ring (bicyclic) bond motifs is 1. The molecule has 0 bridgehead atoms. The van der Waals surface area contributed by atoms with Gasteiger partial charge in [0.25, 0.3) is 5.91 Å². The first-order valence-electron chi connectivity index (χ1n) is 8.37. The number of nitrogens with zero attached hydrogens (tertiary/aromatic N) is 3. The van der Waals surface area contributed by atoms with Crippen molar-refractivity contribution in [3.05, 3.63) is 29.8 Å². The fourth-order valence-corrected chi connectivity index (χ4v) is 3.52. The summed E-state index contributed by atoms with van der Waals surface area (Å²) in [6, 6.07) is 9.64. The van der Waals surface area contributed by atoms with Crippen LogP contribution in [0.2, 0.25) is 0 Å². The number of carbonyl (C=O) groups is 1. The van der Waals surface area contributed by atoms with Crippen LogP contribution < -0.4 is 4.74 Å². The number of ether oxygens (including phenoxy) is 1. The number of piperidine rings is 1.